The summed E-state index contributed by atoms with van der Waals surface area (Å²) in [5.41, 5.74) is 2.54. The molecule has 0 bridgehead atoms. The van der Waals surface area contributed by atoms with E-state index in [2.05, 4.69) is 10.1 Å². The number of halogens is 4. The molecule has 0 fully saturated rings. The van der Waals surface area contributed by atoms with Gasteiger partial charge in [0.15, 0.2) is 0 Å². The van der Waals surface area contributed by atoms with Gasteiger partial charge in [-0.25, -0.2) is 0 Å². The van der Waals surface area contributed by atoms with E-state index in [1.165, 1.54) is 30.6 Å². The van der Waals surface area contributed by atoms with Crippen LogP contribution in [-0.2, 0) is 15.7 Å². The zero-order chi connectivity index (χ0) is 27.3. The molecule has 1 N–H and O–H groups in total. The molecular weight excluding hydrogens is 527 g/mol. The Hall–Kier alpha value is -3.04. The van der Waals surface area contributed by atoms with Gasteiger partial charge in [0.2, 0.25) is 0 Å². The van der Waals surface area contributed by atoms with Gasteiger partial charge in [-0.05, 0) is 72.9 Å². The molecule has 0 unspecified atom stereocenters. The minimum Gasteiger partial charge on any atom is -0.485 e. The van der Waals surface area contributed by atoms with Gasteiger partial charge in [-0.3, -0.25) is 9.59 Å². The van der Waals surface area contributed by atoms with Crippen molar-refractivity contribution in [3.63, 3.8) is 0 Å². The van der Waals surface area contributed by atoms with Crippen molar-refractivity contribution in [3.05, 3.63) is 73.9 Å². The molecule has 1 atom stereocenters. The molecular formula is C27H27ClF3NO4S. The molecule has 0 aliphatic rings. The molecule has 2 aromatic carbocycles. The number of carbonyl (C=O) groups excluding carboxylic acids is 2. The molecule has 198 valence electrons. The highest BCUT2D eigenvalue weighted by molar-refractivity contribution is 7.14. The number of esters is 1. The summed E-state index contributed by atoms with van der Waals surface area (Å²) in [5, 5.41) is 3.08. The summed E-state index contributed by atoms with van der Waals surface area (Å²) < 4.78 is 49.6. The molecule has 0 aliphatic carbocycles. The van der Waals surface area contributed by atoms with Gasteiger partial charge in [-0.2, -0.15) is 13.2 Å². The fourth-order valence-corrected chi connectivity index (χ4v) is 5.43. The number of aryl methyl sites for hydroxylation is 2. The van der Waals surface area contributed by atoms with Crippen LogP contribution in [0.2, 0.25) is 5.02 Å². The summed E-state index contributed by atoms with van der Waals surface area (Å²) in [4.78, 5) is 24.8. The number of amides is 1. The fourth-order valence-electron chi connectivity index (χ4n) is 3.94. The largest absolute Gasteiger partial charge is 0.485 e. The lowest BCUT2D eigenvalue weighted by atomic mass is 9.94. The van der Waals surface area contributed by atoms with Gasteiger partial charge in [-0.1, -0.05) is 30.7 Å². The lowest BCUT2D eigenvalue weighted by Gasteiger charge is -2.20. The monoisotopic (exact) mass is 553 g/mol. The van der Waals surface area contributed by atoms with Crippen LogP contribution in [0.15, 0.2) is 42.5 Å². The average molecular weight is 554 g/mol. The molecule has 0 spiro atoms. The summed E-state index contributed by atoms with van der Waals surface area (Å²) >= 11 is 7.66. The van der Waals surface area contributed by atoms with Crippen LogP contribution in [0.5, 0.6) is 5.75 Å². The summed E-state index contributed by atoms with van der Waals surface area (Å²) in [7, 11) is 1.28. The van der Waals surface area contributed by atoms with Crippen LogP contribution < -0.4 is 10.1 Å². The first kappa shape index (κ1) is 28.5. The third-order valence-corrected chi connectivity index (χ3v) is 7.38. The Kier molecular flexibility index (Phi) is 9.26. The van der Waals surface area contributed by atoms with Crippen LogP contribution >= 0.6 is 22.9 Å². The minimum atomic E-state index is -4.39. The number of benzene rings is 2. The third-order valence-electron chi connectivity index (χ3n) is 5.73. The van der Waals surface area contributed by atoms with Crippen LogP contribution in [0.25, 0.3) is 11.1 Å². The zero-order valence-corrected chi connectivity index (χ0v) is 22.4. The summed E-state index contributed by atoms with van der Waals surface area (Å²) in [6.07, 6.45) is -4.15. The smallest absolute Gasteiger partial charge is 0.416 e. The maximum absolute atomic E-state index is 12.9. The number of hydrogen-bond donors (Lipinski definition) is 1. The minimum absolute atomic E-state index is 0.0655. The Morgan fingerprint density at radius 2 is 1.70 bits per heavy atom. The van der Waals surface area contributed by atoms with Crippen molar-refractivity contribution < 1.29 is 32.2 Å². The first-order valence-electron chi connectivity index (χ1n) is 11.5. The van der Waals surface area contributed by atoms with E-state index in [1.54, 1.807) is 6.07 Å². The van der Waals surface area contributed by atoms with E-state index in [9.17, 15) is 22.8 Å². The first-order valence-corrected chi connectivity index (χ1v) is 12.7. The third kappa shape index (κ3) is 7.05. The molecule has 3 aromatic rings. The Morgan fingerprint density at radius 3 is 2.24 bits per heavy atom. The van der Waals surface area contributed by atoms with Gasteiger partial charge in [0.05, 0.1) is 33.9 Å². The van der Waals surface area contributed by atoms with E-state index < -0.39 is 23.8 Å². The number of hydrogen-bond acceptors (Lipinski definition) is 5. The number of nitrogens with one attached hydrogen (secondary N) is 1. The second kappa shape index (κ2) is 12.0. The fraction of sp³-hybridized carbons (Fsp3) is 0.333. The molecule has 0 aliphatic heterocycles. The van der Waals surface area contributed by atoms with Crippen molar-refractivity contribution in [2.75, 3.05) is 13.7 Å². The Morgan fingerprint density at radius 1 is 1.08 bits per heavy atom. The van der Waals surface area contributed by atoms with Crippen LogP contribution in [0.4, 0.5) is 13.2 Å². The predicted molar refractivity (Wildman–Crippen MR) is 138 cm³/mol. The second-order valence-electron chi connectivity index (χ2n) is 8.43. The van der Waals surface area contributed by atoms with Gasteiger partial charge in [0, 0.05) is 6.54 Å². The number of methoxy groups -OCH3 is 1. The standard InChI is InChI=1S/C27H27ClF3NO4S/c1-5-21(25-20(28)14-22(37-25)26(34)32-11-10-23(33)35-4)36-19-12-15(2)24(16(3)13-19)17-6-8-18(9-7-17)27(29,30)31/h6-9,12-14,21H,5,10-11H2,1-4H3,(H,32,34)/t21-/m1/s1. The summed E-state index contributed by atoms with van der Waals surface area (Å²) in [5.74, 6) is -0.171. The number of thiophene rings is 1. The van der Waals surface area contributed by atoms with Crippen molar-refractivity contribution in [1.29, 1.82) is 0 Å². The number of rotatable bonds is 9. The summed E-state index contributed by atoms with van der Waals surface area (Å²) in [6, 6.07) is 10.3. The topological polar surface area (TPSA) is 64.6 Å². The predicted octanol–water partition coefficient (Wildman–Crippen LogP) is 7.53. The molecule has 3 rings (SSSR count). The highest BCUT2D eigenvalue weighted by Gasteiger charge is 2.30. The molecule has 0 saturated carbocycles. The Bertz CT molecular complexity index is 1250. The van der Waals surface area contributed by atoms with Crippen LogP contribution in [0.3, 0.4) is 0 Å². The molecule has 5 nitrogen and oxygen atoms in total. The lowest BCUT2D eigenvalue weighted by Crippen LogP contribution is -2.25. The molecule has 1 aromatic heterocycles. The Labute approximate surface area is 222 Å². The van der Waals surface area contributed by atoms with E-state index >= 15 is 0 Å². The van der Waals surface area contributed by atoms with E-state index in [1.807, 2.05) is 32.9 Å². The van der Waals surface area contributed by atoms with E-state index in [4.69, 9.17) is 16.3 Å². The quantitative estimate of drug-likeness (QED) is 0.278. The van der Waals surface area contributed by atoms with Gasteiger partial charge >= 0.3 is 12.1 Å². The van der Waals surface area contributed by atoms with Gasteiger partial charge in [0.1, 0.15) is 11.9 Å². The number of alkyl halides is 3. The van der Waals surface area contributed by atoms with Gasteiger partial charge in [-0.15, -0.1) is 11.3 Å². The second-order valence-corrected chi connectivity index (χ2v) is 9.92. The molecule has 0 saturated heterocycles. The zero-order valence-electron chi connectivity index (χ0n) is 20.8. The van der Waals surface area contributed by atoms with Crippen molar-refractivity contribution in [3.8, 4) is 16.9 Å². The molecule has 0 radical (unpaired) electrons. The average Bonchev–Trinajstić information content (AvgIpc) is 3.23. The van der Waals surface area contributed by atoms with E-state index in [0.29, 0.717) is 32.5 Å². The van der Waals surface area contributed by atoms with Gasteiger partial charge in [0.25, 0.3) is 5.91 Å². The maximum atomic E-state index is 12.9. The molecule has 1 amide bonds. The van der Waals surface area contributed by atoms with Crippen molar-refractivity contribution >= 4 is 34.8 Å². The lowest BCUT2D eigenvalue weighted by molar-refractivity contribution is -0.140. The summed E-state index contributed by atoms with van der Waals surface area (Å²) in [6.45, 7) is 5.84. The van der Waals surface area contributed by atoms with Crippen molar-refractivity contribution in [2.24, 2.45) is 0 Å². The molecule has 1 heterocycles. The normalized spacial score (nSPS) is 12.2. The highest BCUT2D eigenvalue weighted by Crippen LogP contribution is 2.39. The number of carbonyl (C=O) groups is 2. The number of ether oxygens (including phenoxy) is 2. The SMILES string of the molecule is CC[C@@H](Oc1cc(C)c(-c2ccc(C(F)(F)F)cc2)c(C)c1)c1sc(C(=O)NCCC(=O)OC)cc1Cl. The van der Waals surface area contributed by atoms with E-state index in [-0.39, 0.29) is 18.9 Å². The van der Waals surface area contributed by atoms with Crippen LogP contribution in [0, 0.1) is 13.8 Å². The molecule has 10 heteroatoms. The first-order chi connectivity index (χ1) is 17.4. The highest BCUT2D eigenvalue weighted by atomic mass is 35.5. The van der Waals surface area contributed by atoms with Crippen molar-refractivity contribution in [2.45, 2.75) is 45.9 Å². The van der Waals surface area contributed by atoms with Crippen LogP contribution in [-0.4, -0.2) is 25.5 Å². The molecule has 37 heavy (non-hydrogen) atoms. The van der Waals surface area contributed by atoms with Crippen molar-refractivity contribution in [1.82, 2.24) is 5.32 Å². The van der Waals surface area contributed by atoms with E-state index in [0.717, 1.165) is 28.8 Å². The van der Waals surface area contributed by atoms with Gasteiger partial charge < -0.3 is 14.8 Å². The van der Waals surface area contributed by atoms with Crippen LogP contribution in [0.1, 0.15) is 57.1 Å². The maximum Gasteiger partial charge on any atom is 0.416 e. The Balaban J connectivity index is 1.78.